The van der Waals surface area contributed by atoms with Gasteiger partial charge in [0.15, 0.2) is 11.6 Å². The minimum atomic E-state index is -1.39. The average molecular weight is 363 g/mol. The van der Waals surface area contributed by atoms with Crippen molar-refractivity contribution >= 4 is 22.4 Å². The number of aliphatic hydroxyl groups excluding tert-OH is 1. The maximum Gasteiger partial charge on any atom is 0.200 e. The summed E-state index contributed by atoms with van der Waals surface area (Å²) in [6.07, 6.45) is -1.39. The second-order valence-corrected chi connectivity index (χ2v) is 6.14. The molecule has 0 spiro atoms. The van der Waals surface area contributed by atoms with Gasteiger partial charge in [0.05, 0.1) is 11.6 Å². The van der Waals surface area contributed by atoms with Gasteiger partial charge in [-0.1, -0.05) is 41.9 Å². The highest BCUT2D eigenvalue weighted by atomic mass is 35.5. The molecule has 3 rings (SSSR count). The third-order valence-corrected chi connectivity index (χ3v) is 4.60. The zero-order valence-corrected chi connectivity index (χ0v) is 14.6. The maximum atomic E-state index is 14.4. The number of aryl methyl sites for hydroxylation is 1. The number of benzene rings is 3. The second-order valence-electron chi connectivity index (χ2n) is 5.76. The molecule has 3 aromatic rings. The third-order valence-electron chi connectivity index (χ3n) is 4.18. The molecule has 0 amide bonds. The molecular weight excluding hydrogens is 346 g/mol. The minimum Gasteiger partial charge on any atom is -0.491 e. The smallest absolute Gasteiger partial charge is 0.200 e. The Kier molecular flexibility index (Phi) is 4.93. The molecule has 0 aromatic heterocycles. The molecule has 130 valence electrons. The number of rotatable bonds is 4. The fourth-order valence-electron chi connectivity index (χ4n) is 2.94. The molecule has 0 saturated carbocycles. The van der Waals surface area contributed by atoms with Crippen molar-refractivity contribution in [1.82, 2.24) is 0 Å². The normalized spacial score (nSPS) is 12.4. The van der Waals surface area contributed by atoms with Crippen LogP contribution in [0.2, 0.25) is 5.02 Å². The topological polar surface area (TPSA) is 29.5 Å². The Morgan fingerprint density at radius 3 is 2.40 bits per heavy atom. The highest BCUT2D eigenvalue weighted by Crippen LogP contribution is 2.37. The monoisotopic (exact) mass is 362 g/mol. The molecule has 25 heavy (non-hydrogen) atoms. The molecule has 0 aliphatic carbocycles. The summed E-state index contributed by atoms with van der Waals surface area (Å²) in [7, 11) is 0. The summed E-state index contributed by atoms with van der Waals surface area (Å²) in [4.78, 5) is 0. The average Bonchev–Trinajstić information content (AvgIpc) is 2.62. The van der Waals surface area contributed by atoms with Gasteiger partial charge in [0.1, 0.15) is 6.10 Å². The highest BCUT2D eigenvalue weighted by molar-refractivity contribution is 6.36. The molecule has 2 nitrogen and oxygen atoms in total. The molecule has 0 radical (unpaired) electrons. The van der Waals surface area contributed by atoms with Gasteiger partial charge < -0.3 is 9.84 Å². The Hall–Kier alpha value is -2.17. The number of hydrogen-bond donors (Lipinski definition) is 1. The number of halogens is 3. The highest BCUT2D eigenvalue weighted by Gasteiger charge is 2.23. The summed E-state index contributed by atoms with van der Waals surface area (Å²) in [5, 5.41) is 12.7. The van der Waals surface area contributed by atoms with Crippen molar-refractivity contribution in [3.63, 3.8) is 0 Å². The summed E-state index contributed by atoms with van der Waals surface area (Å²) >= 11 is 6.43. The van der Waals surface area contributed by atoms with Crippen molar-refractivity contribution in [3.05, 3.63) is 75.8 Å². The fraction of sp³-hybridized carbons (Fsp3) is 0.200. The molecule has 0 aliphatic heterocycles. The lowest BCUT2D eigenvalue weighted by molar-refractivity contribution is 0.212. The van der Waals surface area contributed by atoms with Crippen LogP contribution < -0.4 is 4.74 Å². The van der Waals surface area contributed by atoms with Gasteiger partial charge in [0.25, 0.3) is 0 Å². The van der Waals surface area contributed by atoms with Crippen LogP contribution in [0.4, 0.5) is 8.78 Å². The van der Waals surface area contributed by atoms with Crippen molar-refractivity contribution in [3.8, 4) is 5.75 Å². The van der Waals surface area contributed by atoms with Crippen LogP contribution in [0.15, 0.2) is 42.5 Å². The van der Waals surface area contributed by atoms with Gasteiger partial charge in [-0.3, -0.25) is 0 Å². The molecule has 1 atom stereocenters. The summed E-state index contributed by atoms with van der Waals surface area (Å²) in [5.41, 5.74) is 1.04. The standard InChI is InChI=1S/C20H17ClF2O2/c1-3-25-16-9-8-14(18(22)19(16)23)20(24)15-10-11(2)12-6-4-5-7-13(12)17(15)21/h4-10,20,24H,3H2,1-2H3. The van der Waals surface area contributed by atoms with Crippen molar-refractivity contribution < 1.29 is 18.6 Å². The number of ether oxygens (including phenoxy) is 1. The van der Waals surface area contributed by atoms with Gasteiger partial charge in [0.2, 0.25) is 5.82 Å². The zero-order valence-electron chi connectivity index (χ0n) is 13.8. The first-order valence-corrected chi connectivity index (χ1v) is 8.30. The predicted molar refractivity (Wildman–Crippen MR) is 95.3 cm³/mol. The van der Waals surface area contributed by atoms with Gasteiger partial charge in [-0.15, -0.1) is 0 Å². The quantitative estimate of drug-likeness (QED) is 0.658. The lowest BCUT2D eigenvalue weighted by atomic mass is 9.95. The van der Waals surface area contributed by atoms with Crippen molar-refractivity contribution in [2.75, 3.05) is 6.61 Å². The van der Waals surface area contributed by atoms with E-state index in [0.29, 0.717) is 10.6 Å². The molecule has 3 aromatic carbocycles. The van der Waals surface area contributed by atoms with Gasteiger partial charge in [-0.2, -0.15) is 4.39 Å². The van der Waals surface area contributed by atoms with Crippen LogP contribution >= 0.6 is 11.6 Å². The van der Waals surface area contributed by atoms with Crippen LogP contribution in [-0.4, -0.2) is 11.7 Å². The fourth-order valence-corrected chi connectivity index (χ4v) is 3.26. The first-order chi connectivity index (χ1) is 12.0. The Balaban J connectivity index is 2.13. The molecule has 0 bridgehead atoms. The zero-order chi connectivity index (χ0) is 18.1. The summed E-state index contributed by atoms with van der Waals surface area (Å²) in [5.74, 6) is -2.44. The summed E-state index contributed by atoms with van der Waals surface area (Å²) < 4.78 is 33.6. The van der Waals surface area contributed by atoms with E-state index in [9.17, 15) is 13.9 Å². The molecule has 0 heterocycles. The van der Waals surface area contributed by atoms with Crippen LogP contribution in [0.3, 0.4) is 0 Å². The summed E-state index contributed by atoms with van der Waals surface area (Å²) in [6.45, 7) is 3.77. The van der Waals surface area contributed by atoms with Gasteiger partial charge in [0, 0.05) is 16.5 Å². The molecule has 1 N–H and O–H groups in total. The van der Waals surface area contributed by atoms with E-state index >= 15 is 0 Å². The van der Waals surface area contributed by atoms with Crippen LogP contribution in [-0.2, 0) is 0 Å². The van der Waals surface area contributed by atoms with Crippen LogP contribution in [0.25, 0.3) is 10.8 Å². The Morgan fingerprint density at radius 1 is 1.04 bits per heavy atom. The Morgan fingerprint density at radius 2 is 1.72 bits per heavy atom. The molecular formula is C20H17ClF2O2. The first-order valence-electron chi connectivity index (χ1n) is 7.92. The van der Waals surface area contributed by atoms with E-state index in [0.717, 1.165) is 16.3 Å². The molecule has 0 saturated heterocycles. The van der Waals surface area contributed by atoms with Crippen LogP contribution in [0, 0.1) is 18.6 Å². The van der Waals surface area contributed by atoms with Crippen LogP contribution in [0.1, 0.15) is 29.7 Å². The molecule has 0 fully saturated rings. The van der Waals surface area contributed by atoms with Gasteiger partial charge >= 0.3 is 0 Å². The lowest BCUT2D eigenvalue weighted by Crippen LogP contribution is -2.07. The predicted octanol–water partition coefficient (Wildman–Crippen LogP) is 5.56. The van der Waals surface area contributed by atoms with E-state index in [1.165, 1.54) is 12.1 Å². The maximum absolute atomic E-state index is 14.4. The number of fused-ring (bicyclic) bond motifs is 1. The Labute approximate surface area is 149 Å². The molecule has 0 aliphatic rings. The SMILES string of the molecule is CCOc1ccc(C(O)c2cc(C)c3ccccc3c2Cl)c(F)c1F. The van der Waals surface area contributed by atoms with E-state index in [4.69, 9.17) is 16.3 Å². The van der Waals surface area contributed by atoms with E-state index in [1.54, 1.807) is 13.0 Å². The first kappa shape index (κ1) is 17.6. The second kappa shape index (κ2) is 6.98. The van der Waals surface area contributed by atoms with Crippen molar-refractivity contribution in [2.24, 2.45) is 0 Å². The van der Waals surface area contributed by atoms with E-state index in [-0.39, 0.29) is 17.9 Å². The van der Waals surface area contributed by atoms with Crippen molar-refractivity contribution in [1.29, 1.82) is 0 Å². The lowest BCUT2D eigenvalue weighted by Gasteiger charge is -2.18. The third kappa shape index (κ3) is 3.08. The van der Waals surface area contributed by atoms with Crippen molar-refractivity contribution in [2.45, 2.75) is 20.0 Å². The van der Waals surface area contributed by atoms with Gasteiger partial charge in [-0.25, -0.2) is 4.39 Å². The number of hydrogen-bond acceptors (Lipinski definition) is 2. The van der Waals surface area contributed by atoms with E-state index < -0.39 is 17.7 Å². The van der Waals surface area contributed by atoms with E-state index in [1.807, 2.05) is 31.2 Å². The largest absolute Gasteiger partial charge is 0.491 e. The van der Waals surface area contributed by atoms with Gasteiger partial charge in [-0.05, 0) is 36.9 Å². The minimum absolute atomic E-state index is 0.183. The summed E-state index contributed by atoms with van der Waals surface area (Å²) in [6, 6.07) is 11.8. The molecule has 1 unspecified atom stereocenters. The molecule has 5 heteroatoms. The number of aliphatic hydroxyl groups is 1. The van der Waals surface area contributed by atoms with Crippen LogP contribution in [0.5, 0.6) is 5.75 Å². The van der Waals surface area contributed by atoms with E-state index in [2.05, 4.69) is 0 Å². The Bertz CT molecular complexity index is 941.